The number of nitriles is 1. The molecule has 0 bridgehead atoms. The number of nitrogens with zero attached hydrogens (tertiary/aromatic N) is 4. The highest BCUT2D eigenvalue weighted by molar-refractivity contribution is 6.31. The van der Waals surface area contributed by atoms with Gasteiger partial charge in [0.2, 0.25) is 0 Å². The summed E-state index contributed by atoms with van der Waals surface area (Å²) in [7, 11) is 0. The zero-order chi connectivity index (χ0) is 15.5. The largest absolute Gasteiger partial charge is 0.328 e. The van der Waals surface area contributed by atoms with E-state index in [4.69, 9.17) is 11.0 Å². The molecule has 3 rings (SSSR count). The van der Waals surface area contributed by atoms with Crippen molar-refractivity contribution in [1.82, 2.24) is 9.88 Å². The third-order valence-corrected chi connectivity index (χ3v) is 4.42. The van der Waals surface area contributed by atoms with Crippen molar-refractivity contribution in [2.24, 2.45) is 10.7 Å². The summed E-state index contributed by atoms with van der Waals surface area (Å²) >= 11 is 0. The Hall–Kier alpha value is -2.10. The van der Waals surface area contributed by atoms with Crippen LogP contribution >= 0.6 is 0 Å². The van der Waals surface area contributed by atoms with E-state index in [2.05, 4.69) is 20.9 Å². The molecule has 1 aromatic rings. The zero-order valence-corrected chi connectivity index (χ0v) is 12.4. The van der Waals surface area contributed by atoms with E-state index in [1.165, 1.54) is 12.4 Å². The van der Waals surface area contributed by atoms with Crippen LogP contribution in [0.2, 0.25) is 0 Å². The lowest BCUT2D eigenvalue weighted by Crippen LogP contribution is -2.40. The molecule has 0 aromatic carbocycles. The van der Waals surface area contributed by atoms with Crippen molar-refractivity contribution in [1.29, 1.82) is 5.26 Å². The molecule has 2 aliphatic rings. The molecule has 1 unspecified atom stereocenters. The highest BCUT2D eigenvalue weighted by Gasteiger charge is 2.27. The van der Waals surface area contributed by atoms with Crippen LogP contribution in [0.4, 0.5) is 5.82 Å². The fourth-order valence-corrected chi connectivity index (χ4v) is 3.05. The first-order valence-corrected chi connectivity index (χ1v) is 7.63. The number of hydrogen-bond donors (Lipinski definition) is 1. The third kappa shape index (κ3) is 3.06. The van der Waals surface area contributed by atoms with Gasteiger partial charge in [-0.3, -0.25) is 4.79 Å². The minimum absolute atomic E-state index is 0.00176. The number of Topliss-reactive ketones (excluding diaryl/α,β-unsaturated/α-hetero) is 1. The van der Waals surface area contributed by atoms with Crippen molar-refractivity contribution in [3.05, 3.63) is 23.4 Å². The molecule has 1 saturated heterocycles. The maximum atomic E-state index is 12.2. The second-order valence-electron chi connectivity index (χ2n) is 5.93. The van der Waals surface area contributed by atoms with Gasteiger partial charge in [0, 0.05) is 17.8 Å². The Balaban J connectivity index is 1.72. The van der Waals surface area contributed by atoms with Crippen LogP contribution in [0, 0.1) is 11.3 Å². The molecule has 1 aromatic heterocycles. The molecule has 0 spiro atoms. The highest BCUT2D eigenvalue weighted by Crippen LogP contribution is 2.32. The van der Waals surface area contributed by atoms with E-state index in [1.54, 1.807) is 6.07 Å². The van der Waals surface area contributed by atoms with E-state index in [0.717, 1.165) is 44.5 Å². The Bertz CT molecular complexity index is 640. The molecular formula is C16H19N5O. The molecule has 2 aliphatic heterocycles. The third-order valence-electron chi connectivity index (χ3n) is 4.42. The number of hydrogen-bond acceptors (Lipinski definition) is 6. The molecule has 0 amide bonds. The first-order valence-electron chi connectivity index (χ1n) is 7.63. The molecule has 0 aliphatic carbocycles. The molecule has 22 heavy (non-hydrogen) atoms. The van der Waals surface area contributed by atoms with Gasteiger partial charge in [-0.2, -0.15) is 5.26 Å². The first-order chi connectivity index (χ1) is 10.7. The minimum Gasteiger partial charge on any atom is -0.328 e. The summed E-state index contributed by atoms with van der Waals surface area (Å²) in [5.74, 6) is 0.311. The summed E-state index contributed by atoms with van der Waals surface area (Å²) in [5, 5.41) is 9.02. The number of nitrogens with two attached hydrogens (primary N) is 1. The van der Waals surface area contributed by atoms with Crippen molar-refractivity contribution in [3.63, 3.8) is 0 Å². The molecule has 1 fully saturated rings. The number of rotatable bonds is 3. The van der Waals surface area contributed by atoms with E-state index >= 15 is 0 Å². The number of likely N-dealkylation sites (tertiary alicyclic amines) is 1. The van der Waals surface area contributed by atoms with Gasteiger partial charge in [0.15, 0.2) is 11.6 Å². The molecule has 2 N–H and O–H groups in total. The Labute approximate surface area is 129 Å². The van der Waals surface area contributed by atoms with E-state index in [0.29, 0.717) is 17.4 Å². The maximum Gasteiger partial charge on any atom is 0.181 e. The summed E-state index contributed by atoms with van der Waals surface area (Å²) in [6, 6.07) is 4.12. The van der Waals surface area contributed by atoms with Crippen LogP contribution in [0.1, 0.15) is 36.3 Å². The van der Waals surface area contributed by atoms with Gasteiger partial charge in [-0.15, -0.1) is 0 Å². The average Bonchev–Trinajstić information content (AvgIpc) is 2.55. The van der Waals surface area contributed by atoms with Gasteiger partial charge in [0.05, 0.1) is 17.7 Å². The Kier molecular flexibility index (Phi) is 4.27. The van der Waals surface area contributed by atoms with Crippen molar-refractivity contribution >= 4 is 17.8 Å². The number of aromatic nitrogens is 1. The topological polar surface area (TPSA) is 95.4 Å². The fourth-order valence-electron chi connectivity index (χ4n) is 3.05. The van der Waals surface area contributed by atoms with E-state index in [9.17, 15) is 4.79 Å². The van der Waals surface area contributed by atoms with Gasteiger partial charge in [0.1, 0.15) is 6.07 Å². The van der Waals surface area contributed by atoms with E-state index < -0.39 is 0 Å². The first kappa shape index (κ1) is 14.8. The number of aliphatic imine (C=N–C) groups is 1. The standard InChI is InChI=1S/C16H19N5O/c17-8-11-7-14-13(15(22)10-20-16(14)19-9-11)3-6-21-4-1-12(18)2-5-21/h7,9-10,12-13H,1-6,18H2. The quantitative estimate of drug-likeness (QED) is 0.902. The molecule has 3 heterocycles. The predicted molar refractivity (Wildman–Crippen MR) is 83.1 cm³/mol. The second-order valence-corrected chi connectivity index (χ2v) is 5.93. The summed E-state index contributed by atoms with van der Waals surface area (Å²) in [5.41, 5.74) is 7.16. The number of carbonyl (C=O) groups excluding carboxylic acids is 1. The molecule has 0 radical (unpaired) electrons. The van der Waals surface area contributed by atoms with Gasteiger partial charge in [-0.1, -0.05) is 0 Å². The molecule has 6 heteroatoms. The van der Waals surface area contributed by atoms with E-state index in [-0.39, 0.29) is 11.7 Å². The molecule has 114 valence electrons. The van der Waals surface area contributed by atoms with Crippen molar-refractivity contribution in [3.8, 4) is 6.07 Å². The Morgan fingerprint density at radius 2 is 2.18 bits per heavy atom. The number of pyridine rings is 1. The van der Waals surface area contributed by atoms with Gasteiger partial charge in [-0.05, 0) is 45.0 Å². The van der Waals surface area contributed by atoms with E-state index in [1.807, 2.05) is 0 Å². The van der Waals surface area contributed by atoms with Gasteiger partial charge < -0.3 is 10.6 Å². The van der Waals surface area contributed by atoms with Crippen molar-refractivity contribution < 1.29 is 4.79 Å². The smallest absolute Gasteiger partial charge is 0.181 e. The van der Waals surface area contributed by atoms with Gasteiger partial charge in [-0.25, -0.2) is 9.98 Å². The fraction of sp³-hybridized carbons (Fsp3) is 0.500. The predicted octanol–water partition coefficient (Wildman–Crippen LogP) is 1.14. The Morgan fingerprint density at radius 1 is 1.41 bits per heavy atom. The van der Waals surface area contributed by atoms with Crippen LogP contribution in [-0.2, 0) is 4.79 Å². The van der Waals surface area contributed by atoms with Crippen LogP contribution in [0.3, 0.4) is 0 Å². The molecular weight excluding hydrogens is 278 g/mol. The van der Waals surface area contributed by atoms with Crippen LogP contribution in [-0.4, -0.2) is 47.6 Å². The van der Waals surface area contributed by atoms with Crippen LogP contribution in [0.15, 0.2) is 17.3 Å². The average molecular weight is 297 g/mol. The monoisotopic (exact) mass is 297 g/mol. The van der Waals surface area contributed by atoms with Crippen LogP contribution in [0.5, 0.6) is 0 Å². The summed E-state index contributed by atoms with van der Waals surface area (Å²) in [6.45, 7) is 2.83. The summed E-state index contributed by atoms with van der Waals surface area (Å²) < 4.78 is 0. The molecule has 1 atom stereocenters. The minimum atomic E-state index is -0.246. The van der Waals surface area contributed by atoms with Crippen LogP contribution in [0.25, 0.3) is 0 Å². The lowest BCUT2D eigenvalue weighted by molar-refractivity contribution is -0.114. The maximum absolute atomic E-state index is 12.2. The number of carbonyl (C=O) groups is 1. The van der Waals surface area contributed by atoms with Gasteiger partial charge >= 0.3 is 0 Å². The zero-order valence-electron chi connectivity index (χ0n) is 12.4. The molecule has 0 saturated carbocycles. The summed E-state index contributed by atoms with van der Waals surface area (Å²) in [4.78, 5) is 22.8. The number of piperidine rings is 1. The highest BCUT2D eigenvalue weighted by atomic mass is 16.1. The SMILES string of the molecule is N#Cc1cnc2c(c1)C(CCN1CCC(N)CC1)C(=O)C=N2. The summed E-state index contributed by atoms with van der Waals surface area (Å²) in [6.07, 6.45) is 5.60. The lowest BCUT2D eigenvalue weighted by Gasteiger charge is -2.31. The van der Waals surface area contributed by atoms with Crippen molar-refractivity contribution in [2.75, 3.05) is 19.6 Å². The normalized spacial score (nSPS) is 22.4. The Morgan fingerprint density at radius 3 is 2.91 bits per heavy atom. The van der Waals surface area contributed by atoms with Crippen molar-refractivity contribution in [2.45, 2.75) is 31.2 Å². The molecule has 6 nitrogen and oxygen atoms in total. The number of ketones is 1. The van der Waals surface area contributed by atoms with Gasteiger partial charge in [0.25, 0.3) is 0 Å². The van der Waals surface area contributed by atoms with Crippen LogP contribution < -0.4 is 5.73 Å². The number of fused-ring (bicyclic) bond motifs is 1. The lowest BCUT2D eigenvalue weighted by atomic mass is 9.89. The second kappa shape index (κ2) is 6.34.